The number of benzene rings is 2. The fraction of sp³-hybridized carbons (Fsp3) is 0.500. The Labute approximate surface area is 190 Å². The number of carbonyl (C=O) groups is 1. The van der Waals surface area contributed by atoms with Gasteiger partial charge in [0.2, 0.25) is 5.91 Å². The fourth-order valence-corrected chi connectivity index (χ4v) is 5.35. The molecule has 1 amide bonds. The average Bonchev–Trinajstić information content (AvgIpc) is 3.35. The number of hydrogen-bond acceptors (Lipinski definition) is 5. The molecule has 2 aromatic rings. The van der Waals surface area contributed by atoms with Crippen LogP contribution in [-0.4, -0.2) is 57.9 Å². The van der Waals surface area contributed by atoms with Gasteiger partial charge in [0, 0.05) is 50.2 Å². The topological polar surface area (TPSA) is 54.0 Å². The second kappa shape index (κ2) is 9.02. The maximum atomic E-state index is 13.4. The molecular formula is C26H33N3O3. The van der Waals surface area contributed by atoms with E-state index >= 15 is 0 Å². The number of nitrogens with one attached hydrogen (secondary N) is 1. The normalized spacial score (nSPS) is 24.6. The molecule has 0 radical (unpaired) electrons. The monoisotopic (exact) mass is 435 g/mol. The largest absolute Gasteiger partial charge is 0.497 e. The summed E-state index contributed by atoms with van der Waals surface area (Å²) in [5.74, 6) is 0.915. The van der Waals surface area contributed by atoms with E-state index in [-0.39, 0.29) is 24.0 Å². The highest BCUT2D eigenvalue weighted by atomic mass is 16.5. The molecule has 170 valence electrons. The third-order valence-corrected chi connectivity index (χ3v) is 7.19. The number of fused-ring (bicyclic) bond motifs is 3. The Hall–Kier alpha value is -2.73. The van der Waals surface area contributed by atoms with Crippen LogP contribution in [0.2, 0.25) is 0 Å². The van der Waals surface area contributed by atoms with E-state index in [1.807, 2.05) is 6.07 Å². The van der Waals surface area contributed by atoms with Gasteiger partial charge in [-0.1, -0.05) is 23.8 Å². The summed E-state index contributed by atoms with van der Waals surface area (Å²) in [7, 11) is 1.71. The van der Waals surface area contributed by atoms with E-state index in [2.05, 4.69) is 58.4 Å². The maximum absolute atomic E-state index is 13.4. The molecule has 32 heavy (non-hydrogen) atoms. The van der Waals surface area contributed by atoms with Gasteiger partial charge in [-0.05, 0) is 49.9 Å². The maximum Gasteiger partial charge on any atom is 0.225 e. The van der Waals surface area contributed by atoms with Gasteiger partial charge in [-0.3, -0.25) is 4.79 Å². The van der Waals surface area contributed by atoms with Crippen molar-refractivity contribution < 1.29 is 14.3 Å². The Balaban J connectivity index is 1.40. The van der Waals surface area contributed by atoms with Crippen LogP contribution in [0.1, 0.15) is 24.0 Å². The predicted octanol–water partition coefficient (Wildman–Crippen LogP) is 3.17. The molecule has 2 fully saturated rings. The summed E-state index contributed by atoms with van der Waals surface area (Å²) in [6.45, 7) is 6.17. The smallest absolute Gasteiger partial charge is 0.225 e. The second-order valence-electron chi connectivity index (χ2n) is 9.23. The molecule has 0 unspecified atom stereocenters. The Kier molecular flexibility index (Phi) is 5.96. The van der Waals surface area contributed by atoms with Crippen LogP contribution >= 0.6 is 0 Å². The first-order valence-corrected chi connectivity index (χ1v) is 11.8. The van der Waals surface area contributed by atoms with Gasteiger partial charge >= 0.3 is 0 Å². The molecule has 3 aliphatic rings. The number of methoxy groups -OCH3 is 1. The lowest BCUT2D eigenvalue weighted by molar-refractivity contribution is -0.126. The van der Waals surface area contributed by atoms with E-state index in [4.69, 9.17) is 9.47 Å². The molecule has 3 heterocycles. The summed E-state index contributed by atoms with van der Waals surface area (Å²) in [5.41, 5.74) is 4.92. The van der Waals surface area contributed by atoms with Gasteiger partial charge in [-0.2, -0.15) is 0 Å². The third-order valence-electron chi connectivity index (χ3n) is 7.19. The van der Waals surface area contributed by atoms with Crippen LogP contribution in [0.25, 0.3) is 0 Å². The number of amides is 1. The Morgan fingerprint density at radius 1 is 1.19 bits per heavy atom. The highest BCUT2D eigenvalue weighted by Crippen LogP contribution is 2.39. The van der Waals surface area contributed by atoms with Crippen LogP contribution in [0.15, 0.2) is 42.5 Å². The summed E-state index contributed by atoms with van der Waals surface area (Å²) in [6, 6.07) is 15.1. The number of nitrogens with zero attached hydrogens (tertiary/aromatic N) is 2. The molecule has 3 aliphatic heterocycles. The van der Waals surface area contributed by atoms with Crippen LogP contribution in [0, 0.1) is 12.8 Å². The standard InChI is InChI=1S/C26H33N3O3/c1-18-5-8-20(9-6-18)28-11-12-29-24-15-21(31-2)10-7-19(24)14-23(25(29)17-28)26(30)27-16-22-4-3-13-32-22/h5-10,15,22-23,25H,3-4,11-14,16-17H2,1-2H3,(H,27,30)/t22-,23+,25+/m0/s1. The number of ether oxygens (including phenoxy) is 2. The van der Waals surface area contributed by atoms with Crippen LogP contribution in [0.5, 0.6) is 5.75 Å². The van der Waals surface area contributed by atoms with Crippen molar-refractivity contribution in [1.82, 2.24) is 5.32 Å². The number of rotatable bonds is 5. The van der Waals surface area contributed by atoms with Gasteiger partial charge in [0.15, 0.2) is 0 Å². The quantitative estimate of drug-likeness (QED) is 0.782. The molecule has 6 heteroatoms. The summed E-state index contributed by atoms with van der Waals surface area (Å²) in [5, 5.41) is 3.21. The first-order valence-electron chi connectivity index (χ1n) is 11.8. The first kappa shape index (κ1) is 21.1. The van der Waals surface area contributed by atoms with Crippen LogP contribution in [0.3, 0.4) is 0 Å². The van der Waals surface area contributed by atoms with Crippen molar-refractivity contribution in [2.45, 2.75) is 38.3 Å². The zero-order valence-corrected chi connectivity index (χ0v) is 19.0. The van der Waals surface area contributed by atoms with Crippen molar-refractivity contribution in [2.24, 2.45) is 5.92 Å². The second-order valence-corrected chi connectivity index (χ2v) is 9.23. The van der Waals surface area contributed by atoms with Gasteiger partial charge < -0.3 is 24.6 Å². The minimum atomic E-state index is -0.0921. The molecule has 2 saturated heterocycles. The van der Waals surface area contributed by atoms with E-state index in [1.54, 1.807) is 7.11 Å². The summed E-state index contributed by atoms with van der Waals surface area (Å²) < 4.78 is 11.2. The third kappa shape index (κ3) is 4.16. The highest BCUT2D eigenvalue weighted by molar-refractivity contribution is 5.82. The van der Waals surface area contributed by atoms with Gasteiger partial charge in [-0.25, -0.2) is 0 Å². The van der Waals surface area contributed by atoms with E-state index in [1.165, 1.54) is 22.5 Å². The number of carbonyl (C=O) groups excluding carboxylic acids is 1. The van der Waals surface area contributed by atoms with E-state index in [9.17, 15) is 4.79 Å². The van der Waals surface area contributed by atoms with Gasteiger partial charge in [-0.15, -0.1) is 0 Å². The van der Waals surface area contributed by atoms with Crippen LogP contribution in [-0.2, 0) is 16.0 Å². The van der Waals surface area contributed by atoms with E-state index in [0.717, 1.165) is 51.3 Å². The number of aryl methyl sites for hydroxylation is 1. The molecule has 0 spiro atoms. The van der Waals surface area contributed by atoms with Gasteiger partial charge in [0.25, 0.3) is 0 Å². The van der Waals surface area contributed by atoms with Crippen molar-refractivity contribution in [3.8, 4) is 5.75 Å². The van der Waals surface area contributed by atoms with Crippen molar-refractivity contribution in [2.75, 3.05) is 49.7 Å². The minimum Gasteiger partial charge on any atom is -0.497 e. The lowest BCUT2D eigenvalue weighted by Crippen LogP contribution is -2.61. The zero-order valence-electron chi connectivity index (χ0n) is 19.0. The van der Waals surface area contributed by atoms with Crippen LogP contribution in [0.4, 0.5) is 11.4 Å². The highest BCUT2D eigenvalue weighted by Gasteiger charge is 2.42. The number of hydrogen-bond donors (Lipinski definition) is 1. The van der Waals surface area contributed by atoms with Crippen molar-refractivity contribution in [3.05, 3.63) is 53.6 Å². The van der Waals surface area contributed by atoms with E-state index < -0.39 is 0 Å². The molecule has 5 rings (SSSR count). The number of piperazine rings is 1. The minimum absolute atomic E-state index is 0.0921. The van der Waals surface area contributed by atoms with Crippen LogP contribution < -0.4 is 19.9 Å². The summed E-state index contributed by atoms with van der Waals surface area (Å²) in [4.78, 5) is 18.2. The Bertz CT molecular complexity index is 955. The number of anilines is 2. The van der Waals surface area contributed by atoms with Gasteiger partial charge in [0.1, 0.15) is 5.75 Å². The first-order chi connectivity index (χ1) is 15.6. The summed E-state index contributed by atoms with van der Waals surface area (Å²) >= 11 is 0. The molecule has 3 atom stereocenters. The molecular weight excluding hydrogens is 402 g/mol. The lowest BCUT2D eigenvalue weighted by atomic mass is 9.83. The summed E-state index contributed by atoms with van der Waals surface area (Å²) in [6.07, 6.45) is 3.02. The molecule has 2 aromatic carbocycles. The lowest BCUT2D eigenvalue weighted by Gasteiger charge is -2.49. The predicted molar refractivity (Wildman–Crippen MR) is 127 cm³/mol. The van der Waals surface area contributed by atoms with E-state index in [0.29, 0.717) is 6.54 Å². The Morgan fingerprint density at radius 2 is 2.03 bits per heavy atom. The molecule has 0 aliphatic carbocycles. The molecule has 0 saturated carbocycles. The molecule has 0 bridgehead atoms. The molecule has 6 nitrogen and oxygen atoms in total. The van der Waals surface area contributed by atoms with Crippen molar-refractivity contribution in [3.63, 3.8) is 0 Å². The SMILES string of the molecule is COc1ccc2c(c1)N1CCN(c3ccc(C)cc3)C[C@@H]1[C@H](C(=O)NC[C@@H]1CCCO1)C2. The average molecular weight is 436 g/mol. The fourth-order valence-electron chi connectivity index (χ4n) is 5.35. The molecule has 1 N–H and O–H groups in total. The van der Waals surface area contributed by atoms with Gasteiger partial charge in [0.05, 0.1) is 25.2 Å². The molecule has 0 aromatic heterocycles. The van der Waals surface area contributed by atoms with Crippen molar-refractivity contribution >= 4 is 17.3 Å². The van der Waals surface area contributed by atoms with Crippen molar-refractivity contribution in [1.29, 1.82) is 0 Å². The Morgan fingerprint density at radius 3 is 2.78 bits per heavy atom. The zero-order chi connectivity index (χ0) is 22.1.